The molecule has 0 N–H and O–H groups in total. The van der Waals surface area contributed by atoms with Gasteiger partial charge in [-0.3, -0.25) is 0 Å². The number of rotatable bonds is 3. The second kappa shape index (κ2) is 4.08. The van der Waals surface area contributed by atoms with Gasteiger partial charge < -0.3 is 4.79 Å². The van der Waals surface area contributed by atoms with Gasteiger partial charge in [-0.1, -0.05) is 25.0 Å². The van der Waals surface area contributed by atoms with Gasteiger partial charge in [-0.05, 0) is 37.5 Å². The molecule has 2 fully saturated rings. The zero-order valence-electron chi connectivity index (χ0n) is 8.11. The van der Waals surface area contributed by atoms with Crippen molar-refractivity contribution in [3.63, 3.8) is 0 Å². The van der Waals surface area contributed by atoms with Crippen molar-refractivity contribution in [3.8, 4) is 0 Å². The molecule has 0 bridgehead atoms. The van der Waals surface area contributed by atoms with E-state index in [9.17, 15) is 4.79 Å². The van der Waals surface area contributed by atoms with Crippen molar-refractivity contribution in [1.29, 1.82) is 0 Å². The van der Waals surface area contributed by atoms with Crippen LogP contribution in [0.3, 0.4) is 0 Å². The van der Waals surface area contributed by atoms with Gasteiger partial charge in [0.1, 0.15) is 6.29 Å². The lowest BCUT2D eigenvalue weighted by atomic mass is 9.80. The van der Waals surface area contributed by atoms with Crippen LogP contribution >= 0.6 is 0 Å². The lowest BCUT2D eigenvalue weighted by Crippen LogP contribution is -2.18. The molecule has 0 radical (unpaired) electrons. The maximum Gasteiger partial charge on any atom is 0.123 e. The highest BCUT2D eigenvalue weighted by atomic mass is 16.1. The number of hydrogen-bond donors (Lipinski definition) is 0. The molecule has 13 heavy (non-hydrogen) atoms. The molecule has 0 aliphatic heterocycles. The van der Waals surface area contributed by atoms with Gasteiger partial charge in [0.25, 0.3) is 0 Å². The van der Waals surface area contributed by atoms with E-state index in [0.29, 0.717) is 11.8 Å². The monoisotopic (exact) mass is 178 g/mol. The molecule has 0 saturated heterocycles. The summed E-state index contributed by atoms with van der Waals surface area (Å²) < 4.78 is 0. The summed E-state index contributed by atoms with van der Waals surface area (Å²) in [6.07, 6.45) is 13.5. The fourth-order valence-electron chi connectivity index (χ4n) is 2.18. The van der Waals surface area contributed by atoms with Crippen LogP contribution in [0.4, 0.5) is 0 Å². The number of aldehydes is 1. The standard InChI is InChI=1S/C12H18O/c13-9-12-4-2-1-3-11(12)8-7-10-5-6-10/h7-12H,1-6H2/b8-7+/t11-,12-/m0/s1. The first-order valence-electron chi connectivity index (χ1n) is 5.54. The highest BCUT2D eigenvalue weighted by Crippen LogP contribution is 2.34. The third kappa shape index (κ3) is 2.43. The topological polar surface area (TPSA) is 17.1 Å². The normalized spacial score (nSPS) is 35.1. The summed E-state index contributed by atoms with van der Waals surface area (Å²) >= 11 is 0. The number of carbonyl (C=O) groups is 1. The Bertz CT molecular complexity index is 203. The fraction of sp³-hybridized carbons (Fsp3) is 0.750. The number of carbonyl (C=O) groups excluding carboxylic acids is 1. The third-order valence-electron chi connectivity index (χ3n) is 3.30. The lowest BCUT2D eigenvalue weighted by molar-refractivity contribution is -0.112. The Balaban J connectivity index is 1.89. The molecule has 2 rings (SSSR count). The molecule has 72 valence electrons. The lowest BCUT2D eigenvalue weighted by Gasteiger charge is -2.24. The van der Waals surface area contributed by atoms with Crippen molar-refractivity contribution in [3.05, 3.63) is 12.2 Å². The van der Waals surface area contributed by atoms with Crippen molar-refractivity contribution < 1.29 is 4.79 Å². The summed E-state index contributed by atoms with van der Waals surface area (Å²) in [5.74, 6) is 1.74. The zero-order valence-corrected chi connectivity index (χ0v) is 8.11. The van der Waals surface area contributed by atoms with Crippen LogP contribution in [-0.4, -0.2) is 6.29 Å². The summed E-state index contributed by atoms with van der Waals surface area (Å²) in [7, 11) is 0. The van der Waals surface area contributed by atoms with Crippen LogP contribution in [0.5, 0.6) is 0 Å². The van der Waals surface area contributed by atoms with Crippen LogP contribution in [-0.2, 0) is 4.79 Å². The third-order valence-corrected chi connectivity index (χ3v) is 3.30. The zero-order chi connectivity index (χ0) is 9.10. The molecular formula is C12H18O. The molecule has 2 atom stereocenters. The molecule has 0 aromatic carbocycles. The van der Waals surface area contributed by atoms with Crippen LogP contribution in [0, 0.1) is 17.8 Å². The number of hydrogen-bond acceptors (Lipinski definition) is 1. The molecule has 0 aromatic heterocycles. The minimum absolute atomic E-state index is 0.323. The average Bonchev–Trinajstić information content (AvgIpc) is 2.99. The van der Waals surface area contributed by atoms with Crippen molar-refractivity contribution >= 4 is 6.29 Å². The van der Waals surface area contributed by atoms with E-state index in [2.05, 4.69) is 12.2 Å². The van der Waals surface area contributed by atoms with Crippen LogP contribution in [0.25, 0.3) is 0 Å². The van der Waals surface area contributed by atoms with E-state index in [1.54, 1.807) is 0 Å². The Labute approximate surface area is 80.2 Å². The van der Waals surface area contributed by atoms with Crippen molar-refractivity contribution in [2.75, 3.05) is 0 Å². The predicted octanol–water partition coefficient (Wildman–Crippen LogP) is 2.96. The molecule has 1 nitrogen and oxygen atoms in total. The van der Waals surface area contributed by atoms with Gasteiger partial charge in [0.2, 0.25) is 0 Å². The van der Waals surface area contributed by atoms with Crippen LogP contribution in [0.1, 0.15) is 38.5 Å². The van der Waals surface area contributed by atoms with E-state index < -0.39 is 0 Å². The Morgan fingerprint density at radius 1 is 0.846 bits per heavy atom. The quantitative estimate of drug-likeness (QED) is 0.479. The summed E-state index contributed by atoms with van der Waals surface area (Å²) in [6.45, 7) is 0. The summed E-state index contributed by atoms with van der Waals surface area (Å²) in [5, 5.41) is 0. The minimum Gasteiger partial charge on any atom is -0.303 e. The molecular weight excluding hydrogens is 160 g/mol. The van der Waals surface area contributed by atoms with Gasteiger partial charge in [-0.25, -0.2) is 0 Å². The predicted molar refractivity (Wildman–Crippen MR) is 53.4 cm³/mol. The van der Waals surface area contributed by atoms with Crippen LogP contribution < -0.4 is 0 Å². The molecule has 0 amide bonds. The van der Waals surface area contributed by atoms with Gasteiger partial charge in [-0.2, -0.15) is 0 Å². The second-order valence-corrected chi connectivity index (χ2v) is 4.47. The van der Waals surface area contributed by atoms with E-state index in [4.69, 9.17) is 0 Å². The van der Waals surface area contributed by atoms with Crippen molar-refractivity contribution in [2.24, 2.45) is 17.8 Å². The Morgan fingerprint density at radius 3 is 2.15 bits per heavy atom. The second-order valence-electron chi connectivity index (χ2n) is 4.47. The van der Waals surface area contributed by atoms with Gasteiger partial charge in [0, 0.05) is 5.92 Å². The molecule has 0 aromatic rings. The first-order chi connectivity index (χ1) is 6.40. The molecule has 2 saturated carbocycles. The van der Waals surface area contributed by atoms with E-state index >= 15 is 0 Å². The fourth-order valence-corrected chi connectivity index (χ4v) is 2.18. The van der Waals surface area contributed by atoms with E-state index in [1.165, 1.54) is 38.4 Å². The van der Waals surface area contributed by atoms with E-state index in [1.807, 2.05) is 0 Å². The van der Waals surface area contributed by atoms with Gasteiger partial charge in [0.05, 0.1) is 0 Å². The van der Waals surface area contributed by atoms with Crippen molar-refractivity contribution in [1.82, 2.24) is 0 Å². The van der Waals surface area contributed by atoms with Crippen LogP contribution in [0.15, 0.2) is 12.2 Å². The first kappa shape index (κ1) is 8.98. The highest BCUT2D eigenvalue weighted by molar-refractivity contribution is 5.54. The van der Waals surface area contributed by atoms with Gasteiger partial charge >= 0.3 is 0 Å². The van der Waals surface area contributed by atoms with Gasteiger partial charge in [0.15, 0.2) is 0 Å². The van der Waals surface area contributed by atoms with E-state index in [0.717, 1.165) is 12.3 Å². The maximum atomic E-state index is 10.8. The Kier molecular flexibility index (Phi) is 2.82. The van der Waals surface area contributed by atoms with Crippen molar-refractivity contribution in [2.45, 2.75) is 38.5 Å². The first-order valence-corrected chi connectivity index (χ1v) is 5.54. The van der Waals surface area contributed by atoms with Gasteiger partial charge in [-0.15, -0.1) is 0 Å². The summed E-state index contributed by atoms with van der Waals surface area (Å²) in [5.41, 5.74) is 0. The average molecular weight is 178 g/mol. The number of allylic oxidation sites excluding steroid dienone is 2. The smallest absolute Gasteiger partial charge is 0.123 e. The molecule has 1 heteroatoms. The SMILES string of the molecule is O=C[C@@H]1CCCC[C@H]1/C=C/C1CC1. The largest absolute Gasteiger partial charge is 0.303 e. The Hall–Kier alpha value is -0.590. The van der Waals surface area contributed by atoms with Crippen LogP contribution in [0.2, 0.25) is 0 Å². The molecule has 2 aliphatic carbocycles. The maximum absolute atomic E-state index is 10.8. The molecule has 0 spiro atoms. The summed E-state index contributed by atoms with van der Waals surface area (Å²) in [6, 6.07) is 0. The highest BCUT2D eigenvalue weighted by Gasteiger charge is 2.24. The molecule has 2 aliphatic rings. The molecule has 0 unspecified atom stereocenters. The minimum atomic E-state index is 0.323. The van der Waals surface area contributed by atoms with E-state index in [-0.39, 0.29) is 0 Å². The Morgan fingerprint density at radius 2 is 1.54 bits per heavy atom. The molecule has 0 heterocycles. The summed E-state index contributed by atoms with van der Waals surface area (Å²) in [4.78, 5) is 10.8.